The van der Waals surface area contributed by atoms with Crippen molar-refractivity contribution in [2.24, 2.45) is 0 Å². The predicted octanol–water partition coefficient (Wildman–Crippen LogP) is 3.97. The predicted molar refractivity (Wildman–Crippen MR) is 92.1 cm³/mol. The van der Waals surface area contributed by atoms with Gasteiger partial charge in [-0.3, -0.25) is 10.1 Å². The average Bonchev–Trinajstić information content (AvgIpc) is 3.03. The van der Waals surface area contributed by atoms with Crippen LogP contribution >= 0.6 is 11.3 Å². The number of hydrogen-bond donors (Lipinski definition) is 1. The lowest BCUT2D eigenvalue weighted by Crippen LogP contribution is -2.07. The quantitative estimate of drug-likeness (QED) is 0.815. The third-order valence-electron chi connectivity index (χ3n) is 3.47. The summed E-state index contributed by atoms with van der Waals surface area (Å²) in [5, 5.41) is 21.1. The van der Waals surface area contributed by atoms with Crippen LogP contribution in [0.25, 0.3) is 6.08 Å². The average molecular weight is 326 g/mol. The molecule has 0 unspecified atom stereocenters. The third kappa shape index (κ3) is 4.73. The lowest BCUT2D eigenvalue weighted by Gasteiger charge is -2.05. The molecule has 2 aromatic rings. The van der Waals surface area contributed by atoms with Crippen LogP contribution in [0.1, 0.15) is 48.7 Å². The zero-order valence-electron chi connectivity index (χ0n) is 13.1. The number of carbonyl (C=O) groups is 1. The fourth-order valence-corrected chi connectivity index (χ4v) is 3.09. The van der Waals surface area contributed by atoms with Crippen LogP contribution in [0.3, 0.4) is 0 Å². The number of aromatic nitrogens is 2. The van der Waals surface area contributed by atoms with Crippen molar-refractivity contribution in [3.8, 4) is 6.07 Å². The Hall–Kier alpha value is -2.52. The standard InChI is InChI=1S/C17H18N4OS/c1-3-14(4-2)16-20-21-17(23-16)19-15(22)10-9-12-5-7-13(11-18)8-6-12/h5-10,14H,3-4H2,1-2H3,(H,19,21,22)/b10-9+. The molecule has 5 nitrogen and oxygen atoms in total. The van der Waals surface area contributed by atoms with Crippen LogP contribution in [0.4, 0.5) is 5.13 Å². The van der Waals surface area contributed by atoms with Crippen LogP contribution in [0, 0.1) is 11.3 Å². The molecule has 1 aromatic carbocycles. The zero-order valence-corrected chi connectivity index (χ0v) is 13.9. The minimum Gasteiger partial charge on any atom is -0.297 e. The molecular formula is C17H18N4OS. The molecule has 23 heavy (non-hydrogen) atoms. The van der Waals surface area contributed by atoms with E-state index in [4.69, 9.17) is 5.26 Å². The molecule has 0 aliphatic heterocycles. The summed E-state index contributed by atoms with van der Waals surface area (Å²) >= 11 is 1.42. The lowest BCUT2D eigenvalue weighted by molar-refractivity contribution is -0.111. The van der Waals surface area contributed by atoms with E-state index in [0.717, 1.165) is 23.4 Å². The second-order valence-electron chi connectivity index (χ2n) is 5.02. The summed E-state index contributed by atoms with van der Waals surface area (Å²) in [6.45, 7) is 4.24. The van der Waals surface area contributed by atoms with E-state index >= 15 is 0 Å². The number of carbonyl (C=O) groups excluding carboxylic acids is 1. The molecule has 6 heteroatoms. The molecule has 0 atom stereocenters. The topological polar surface area (TPSA) is 78.7 Å². The monoisotopic (exact) mass is 326 g/mol. The summed E-state index contributed by atoms with van der Waals surface area (Å²) in [5.74, 6) is 0.147. The number of benzene rings is 1. The van der Waals surface area contributed by atoms with Crippen LogP contribution in [-0.2, 0) is 4.79 Å². The molecule has 1 amide bonds. The van der Waals surface area contributed by atoms with E-state index in [1.54, 1.807) is 30.3 Å². The number of nitriles is 1. The van der Waals surface area contributed by atoms with Crippen molar-refractivity contribution in [2.45, 2.75) is 32.6 Å². The molecule has 2 rings (SSSR count). The van der Waals surface area contributed by atoms with Gasteiger partial charge in [0, 0.05) is 12.0 Å². The Bertz CT molecular complexity index is 724. The van der Waals surface area contributed by atoms with Gasteiger partial charge in [0.1, 0.15) is 5.01 Å². The Morgan fingerprint density at radius 2 is 2.00 bits per heavy atom. The zero-order chi connectivity index (χ0) is 16.7. The van der Waals surface area contributed by atoms with Crippen LogP contribution in [0.2, 0.25) is 0 Å². The first-order valence-corrected chi connectivity index (χ1v) is 8.30. The SMILES string of the molecule is CCC(CC)c1nnc(NC(=O)/C=C/c2ccc(C#N)cc2)s1. The van der Waals surface area contributed by atoms with Crippen molar-refractivity contribution >= 4 is 28.5 Å². The molecule has 118 valence electrons. The molecule has 0 aliphatic rings. The van der Waals surface area contributed by atoms with Crippen molar-refractivity contribution in [3.63, 3.8) is 0 Å². The maximum absolute atomic E-state index is 11.9. The Morgan fingerprint density at radius 3 is 2.61 bits per heavy atom. The van der Waals surface area contributed by atoms with Crippen molar-refractivity contribution in [2.75, 3.05) is 5.32 Å². The minimum absolute atomic E-state index is 0.249. The van der Waals surface area contributed by atoms with Gasteiger partial charge in [-0.15, -0.1) is 10.2 Å². The summed E-state index contributed by atoms with van der Waals surface area (Å²) in [6, 6.07) is 9.06. The van der Waals surface area contributed by atoms with Gasteiger partial charge in [0.25, 0.3) is 0 Å². The molecule has 0 radical (unpaired) electrons. The van der Waals surface area contributed by atoms with E-state index in [0.29, 0.717) is 16.6 Å². The van der Waals surface area contributed by atoms with E-state index in [-0.39, 0.29) is 5.91 Å². The van der Waals surface area contributed by atoms with Gasteiger partial charge in [0.2, 0.25) is 11.0 Å². The first kappa shape index (κ1) is 16.8. The molecule has 0 bridgehead atoms. The molecule has 0 aliphatic carbocycles. The molecule has 0 fully saturated rings. The van der Waals surface area contributed by atoms with Gasteiger partial charge >= 0.3 is 0 Å². The fourth-order valence-electron chi connectivity index (χ4n) is 2.08. The van der Waals surface area contributed by atoms with Gasteiger partial charge < -0.3 is 0 Å². The van der Waals surface area contributed by atoms with E-state index in [1.165, 1.54) is 17.4 Å². The highest BCUT2D eigenvalue weighted by Crippen LogP contribution is 2.27. The van der Waals surface area contributed by atoms with Crippen LogP contribution < -0.4 is 5.32 Å². The van der Waals surface area contributed by atoms with Crippen molar-refractivity contribution < 1.29 is 4.79 Å². The molecule has 1 N–H and O–H groups in total. The normalized spacial score (nSPS) is 10.9. The second-order valence-corrected chi connectivity index (χ2v) is 6.02. The Labute approximate surface area is 139 Å². The summed E-state index contributed by atoms with van der Waals surface area (Å²) in [4.78, 5) is 11.9. The van der Waals surface area contributed by atoms with E-state index in [9.17, 15) is 4.79 Å². The molecule has 0 spiro atoms. The highest BCUT2D eigenvalue weighted by molar-refractivity contribution is 7.15. The molecule has 1 aromatic heterocycles. The summed E-state index contributed by atoms with van der Waals surface area (Å²) in [7, 11) is 0. The molecule has 0 saturated carbocycles. The number of hydrogen-bond acceptors (Lipinski definition) is 5. The Balaban J connectivity index is 1.96. The van der Waals surface area contributed by atoms with Crippen LogP contribution in [0.15, 0.2) is 30.3 Å². The van der Waals surface area contributed by atoms with Gasteiger partial charge in [0.15, 0.2) is 0 Å². The van der Waals surface area contributed by atoms with Crippen molar-refractivity contribution in [1.82, 2.24) is 10.2 Å². The van der Waals surface area contributed by atoms with Gasteiger partial charge in [-0.05, 0) is 36.6 Å². The molecular weight excluding hydrogens is 308 g/mol. The first-order valence-electron chi connectivity index (χ1n) is 7.48. The van der Waals surface area contributed by atoms with Gasteiger partial charge in [-0.2, -0.15) is 5.26 Å². The maximum Gasteiger partial charge on any atom is 0.250 e. The van der Waals surface area contributed by atoms with E-state index < -0.39 is 0 Å². The van der Waals surface area contributed by atoms with Crippen LogP contribution in [0.5, 0.6) is 0 Å². The summed E-state index contributed by atoms with van der Waals surface area (Å²) < 4.78 is 0. The van der Waals surface area contributed by atoms with Gasteiger partial charge in [-0.1, -0.05) is 37.3 Å². The highest BCUT2D eigenvalue weighted by atomic mass is 32.1. The third-order valence-corrected chi connectivity index (χ3v) is 4.47. The smallest absolute Gasteiger partial charge is 0.250 e. The Morgan fingerprint density at radius 1 is 1.30 bits per heavy atom. The maximum atomic E-state index is 11.9. The fraction of sp³-hybridized carbons (Fsp3) is 0.294. The minimum atomic E-state index is -0.249. The van der Waals surface area contributed by atoms with Crippen LogP contribution in [-0.4, -0.2) is 16.1 Å². The van der Waals surface area contributed by atoms with Gasteiger partial charge in [0.05, 0.1) is 11.6 Å². The number of nitrogens with one attached hydrogen (secondary N) is 1. The molecule has 1 heterocycles. The number of amides is 1. The first-order chi connectivity index (χ1) is 11.2. The van der Waals surface area contributed by atoms with Crippen molar-refractivity contribution in [3.05, 3.63) is 46.5 Å². The Kier molecular flexibility index (Phi) is 6.01. The number of nitrogens with zero attached hydrogens (tertiary/aromatic N) is 3. The van der Waals surface area contributed by atoms with Crippen molar-refractivity contribution in [1.29, 1.82) is 5.26 Å². The highest BCUT2D eigenvalue weighted by Gasteiger charge is 2.13. The summed E-state index contributed by atoms with van der Waals surface area (Å²) in [5.41, 5.74) is 1.45. The number of anilines is 1. The number of rotatable bonds is 6. The van der Waals surface area contributed by atoms with Gasteiger partial charge in [-0.25, -0.2) is 0 Å². The van der Waals surface area contributed by atoms with E-state index in [1.807, 2.05) is 0 Å². The second kappa shape index (κ2) is 8.20. The molecule has 0 saturated heterocycles. The largest absolute Gasteiger partial charge is 0.297 e. The van der Waals surface area contributed by atoms with E-state index in [2.05, 4.69) is 35.4 Å². The lowest BCUT2D eigenvalue weighted by atomic mass is 10.1. The summed E-state index contributed by atoms with van der Waals surface area (Å²) in [6.07, 6.45) is 5.16.